The number of hydrogen-bond donors (Lipinski definition) is 0. The zero-order valence-corrected chi connectivity index (χ0v) is 12.0. The highest BCUT2D eigenvalue weighted by Crippen LogP contribution is 2.39. The molecule has 0 heterocycles. The van der Waals surface area contributed by atoms with E-state index in [1.165, 1.54) is 12.1 Å². The second-order valence-electron chi connectivity index (χ2n) is 4.25. The first kappa shape index (κ1) is 15.0. The Kier molecular flexibility index (Phi) is 4.69. The number of thioether (sulfide) groups is 1. The lowest BCUT2D eigenvalue weighted by atomic mass is 10.3. The molecule has 1 aliphatic rings. The highest BCUT2D eigenvalue weighted by molar-refractivity contribution is 7.99. The first-order chi connectivity index (χ1) is 8.85. The standard InChI is InChI=1S/C12H10Cl2F3NS/c13-8-3-9(14)11(19-6-12(15,16)17)4-10(8)18-5-7-1-2-7/h3-5,7H,1-2,6H2/b18-5+. The molecule has 0 aliphatic heterocycles. The number of nitrogens with zero attached hydrogens (tertiary/aromatic N) is 1. The van der Waals surface area contributed by atoms with E-state index in [0.29, 0.717) is 33.3 Å². The summed E-state index contributed by atoms with van der Waals surface area (Å²) >= 11 is 12.5. The Balaban J connectivity index is 2.15. The van der Waals surface area contributed by atoms with Crippen molar-refractivity contribution >= 4 is 46.9 Å². The molecule has 0 saturated heterocycles. The van der Waals surface area contributed by atoms with Crippen LogP contribution in [0.25, 0.3) is 0 Å². The Morgan fingerprint density at radius 1 is 1.26 bits per heavy atom. The number of alkyl halides is 3. The Labute approximate surface area is 123 Å². The Bertz CT molecular complexity index is 498. The summed E-state index contributed by atoms with van der Waals surface area (Å²) in [5, 5.41) is 0.558. The topological polar surface area (TPSA) is 12.4 Å². The summed E-state index contributed by atoms with van der Waals surface area (Å²) in [4.78, 5) is 4.54. The minimum absolute atomic E-state index is 0.213. The molecule has 19 heavy (non-hydrogen) atoms. The van der Waals surface area contributed by atoms with E-state index < -0.39 is 11.9 Å². The largest absolute Gasteiger partial charge is 0.398 e. The normalized spacial score (nSPS) is 16.3. The van der Waals surface area contributed by atoms with Crippen molar-refractivity contribution in [2.24, 2.45) is 10.9 Å². The van der Waals surface area contributed by atoms with E-state index in [9.17, 15) is 13.2 Å². The van der Waals surface area contributed by atoms with Crippen molar-refractivity contribution in [1.82, 2.24) is 0 Å². The highest BCUT2D eigenvalue weighted by Gasteiger charge is 2.28. The third-order valence-corrected chi connectivity index (χ3v) is 4.29. The van der Waals surface area contributed by atoms with Crippen molar-refractivity contribution in [3.8, 4) is 0 Å². The van der Waals surface area contributed by atoms with Gasteiger partial charge in [0.2, 0.25) is 0 Å². The lowest BCUT2D eigenvalue weighted by Gasteiger charge is -2.09. The first-order valence-electron chi connectivity index (χ1n) is 5.58. The summed E-state index contributed by atoms with van der Waals surface area (Å²) in [7, 11) is 0. The van der Waals surface area contributed by atoms with Crippen LogP contribution in [0, 0.1) is 5.92 Å². The molecule has 1 aromatic rings. The van der Waals surface area contributed by atoms with Crippen LogP contribution >= 0.6 is 35.0 Å². The summed E-state index contributed by atoms with van der Waals surface area (Å²) in [5.41, 5.74) is 0.461. The summed E-state index contributed by atoms with van der Waals surface area (Å²) in [6.07, 6.45) is -0.243. The molecular weight excluding hydrogens is 318 g/mol. The minimum atomic E-state index is -4.23. The van der Waals surface area contributed by atoms with Crippen LogP contribution in [0.3, 0.4) is 0 Å². The summed E-state index contributed by atoms with van der Waals surface area (Å²) < 4.78 is 36.6. The van der Waals surface area contributed by atoms with Gasteiger partial charge < -0.3 is 0 Å². The molecule has 1 fully saturated rings. The summed E-state index contributed by atoms with van der Waals surface area (Å²) in [5.74, 6) is -0.516. The monoisotopic (exact) mass is 327 g/mol. The van der Waals surface area contributed by atoms with Crippen molar-refractivity contribution in [2.75, 3.05) is 5.75 Å². The van der Waals surface area contributed by atoms with Gasteiger partial charge in [-0.15, -0.1) is 11.8 Å². The van der Waals surface area contributed by atoms with Gasteiger partial charge >= 0.3 is 6.18 Å². The molecule has 0 unspecified atom stereocenters. The van der Waals surface area contributed by atoms with Gasteiger partial charge in [-0.1, -0.05) is 23.2 Å². The lowest BCUT2D eigenvalue weighted by Crippen LogP contribution is -2.10. The molecule has 1 aromatic carbocycles. The van der Waals surface area contributed by atoms with Gasteiger partial charge in [0, 0.05) is 11.1 Å². The second kappa shape index (κ2) is 5.94. The van der Waals surface area contributed by atoms with Crippen LogP contribution in [0.4, 0.5) is 18.9 Å². The second-order valence-corrected chi connectivity index (χ2v) is 6.09. The predicted octanol–water partition coefficient (Wildman–Crippen LogP) is 5.76. The van der Waals surface area contributed by atoms with Crippen molar-refractivity contribution in [1.29, 1.82) is 0 Å². The highest BCUT2D eigenvalue weighted by atomic mass is 35.5. The van der Waals surface area contributed by atoms with Gasteiger partial charge in [-0.25, -0.2) is 0 Å². The smallest absolute Gasteiger partial charge is 0.259 e. The molecule has 0 N–H and O–H groups in total. The van der Waals surface area contributed by atoms with E-state index in [1.807, 2.05) is 0 Å². The van der Waals surface area contributed by atoms with Crippen LogP contribution in [0.15, 0.2) is 22.0 Å². The number of aliphatic imine (C=N–C) groups is 1. The van der Waals surface area contributed by atoms with Gasteiger partial charge in [0.15, 0.2) is 0 Å². The van der Waals surface area contributed by atoms with Gasteiger partial charge in [0.25, 0.3) is 0 Å². The van der Waals surface area contributed by atoms with Gasteiger partial charge in [-0.3, -0.25) is 4.99 Å². The minimum Gasteiger partial charge on any atom is -0.259 e. The van der Waals surface area contributed by atoms with Crippen LogP contribution in [0.2, 0.25) is 10.0 Å². The Morgan fingerprint density at radius 2 is 1.95 bits per heavy atom. The van der Waals surface area contributed by atoms with Gasteiger partial charge in [-0.2, -0.15) is 13.2 Å². The maximum Gasteiger partial charge on any atom is 0.398 e. The number of benzene rings is 1. The molecule has 104 valence electrons. The molecule has 0 amide bonds. The summed E-state index contributed by atoms with van der Waals surface area (Å²) in [6.45, 7) is 0. The molecule has 0 aromatic heterocycles. The van der Waals surface area contributed by atoms with Gasteiger partial charge in [0.1, 0.15) is 0 Å². The van der Waals surface area contributed by atoms with E-state index in [0.717, 1.165) is 12.8 Å². The van der Waals surface area contributed by atoms with Crippen molar-refractivity contribution in [3.05, 3.63) is 22.2 Å². The van der Waals surface area contributed by atoms with Crippen molar-refractivity contribution < 1.29 is 13.2 Å². The third kappa shape index (κ3) is 4.89. The van der Waals surface area contributed by atoms with Gasteiger partial charge in [-0.05, 0) is 30.9 Å². The molecule has 2 rings (SSSR count). The van der Waals surface area contributed by atoms with Crippen molar-refractivity contribution in [2.45, 2.75) is 23.9 Å². The quantitative estimate of drug-likeness (QED) is 0.505. The number of hydrogen-bond acceptors (Lipinski definition) is 2. The van der Waals surface area contributed by atoms with E-state index in [-0.39, 0.29) is 5.02 Å². The average Bonchev–Trinajstić information content (AvgIpc) is 3.09. The van der Waals surface area contributed by atoms with Gasteiger partial charge in [0.05, 0.1) is 21.5 Å². The van der Waals surface area contributed by atoms with Crippen LogP contribution in [-0.4, -0.2) is 18.1 Å². The van der Waals surface area contributed by atoms with Crippen LogP contribution in [0.5, 0.6) is 0 Å². The molecule has 0 atom stereocenters. The number of rotatable bonds is 4. The molecule has 1 aliphatic carbocycles. The Morgan fingerprint density at radius 3 is 2.53 bits per heavy atom. The SMILES string of the molecule is FC(F)(F)CSc1cc(/N=C/C2CC2)c(Cl)cc1Cl. The first-order valence-corrected chi connectivity index (χ1v) is 7.32. The zero-order chi connectivity index (χ0) is 14.0. The Hall–Kier alpha value is -0.390. The molecule has 0 spiro atoms. The summed E-state index contributed by atoms with van der Waals surface area (Å²) in [6, 6.07) is 2.93. The maximum absolute atomic E-state index is 12.2. The number of halogens is 5. The maximum atomic E-state index is 12.2. The van der Waals surface area contributed by atoms with Crippen LogP contribution in [-0.2, 0) is 0 Å². The average molecular weight is 328 g/mol. The fourth-order valence-electron chi connectivity index (χ4n) is 1.32. The molecule has 0 radical (unpaired) electrons. The predicted molar refractivity (Wildman–Crippen MR) is 74.1 cm³/mol. The zero-order valence-electron chi connectivity index (χ0n) is 9.68. The van der Waals surface area contributed by atoms with E-state index in [4.69, 9.17) is 23.2 Å². The van der Waals surface area contributed by atoms with E-state index in [2.05, 4.69) is 4.99 Å². The lowest BCUT2D eigenvalue weighted by molar-refractivity contribution is -0.105. The molecular formula is C12H10Cl2F3NS. The van der Waals surface area contributed by atoms with Crippen molar-refractivity contribution in [3.63, 3.8) is 0 Å². The third-order valence-electron chi connectivity index (χ3n) is 2.44. The van der Waals surface area contributed by atoms with E-state index >= 15 is 0 Å². The van der Waals surface area contributed by atoms with E-state index in [1.54, 1.807) is 6.21 Å². The molecule has 1 saturated carbocycles. The fourth-order valence-corrected chi connectivity index (χ4v) is 2.63. The fraction of sp³-hybridized carbons (Fsp3) is 0.417. The molecule has 7 heteroatoms. The van der Waals surface area contributed by atoms with Crippen LogP contribution in [0.1, 0.15) is 12.8 Å². The molecule has 1 nitrogen and oxygen atoms in total. The van der Waals surface area contributed by atoms with Crippen LogP contribution < -0.4 is 0 Å². The molecule has 0 bridgehead atoms.